The van der Waals surface area contributed by atoms with Crippen molar-refractivity contribution in [1.29, 1.82) is 0 Å². The number of H-pyrrole nitrogens is 1. The minimum Gasteiger partial charge on any atom is -0.393 e. The number of hydrogen-bond donors (Lipinski definition) is 2. The zero-order valence-electron chi connectivity index (χ0n) is 10.3. The molecule has 0 bridgehead atoms. The van der Waals surface area contributed by atoms with Gasteiger partial charge in [0.25, 0.3) is 5.56 Å². The number of hydrogen-bond acceptors (Lipinski definition) is 4. The highest BCUT2D eigenvalue weighted by Gasteiger charge is 2.28. The van der Waals surface area contributed by atoms with E-state index in [1.54, 1.807) is 0 Å². The molecule has 94 valence electrons. The summed E-state index contributed by atoms with van der Waals surface area (Å²) in [5.41, 5.74) is -0.104. The Morgan fingerprint density at radius 3 is 2.88 bits per heavy atom. The number of rotatable bonds is 4. The third-order valence-corrected chi connectivity index (χ3v) is 3.25. The Morgan fingerprint density at radius 2 is 2.29 bits per heavy atom. The van der Waals surface area contributed by atoms with E-state index in [-0.39, 0.29) is 11.7 Å². The number of aliphatic hydroxyl groups excluding tert-OH is 1. The summed E-state index contributed by atoms with van der Waals surface area (Å²) in [7, 11) is 1.94. The molecular formula is C12H19N3O2. The van der Waals surface area contributed by atoms with Crippen LogP contribution in [0.1, 0.15) is 25.6 Å². The Labute approximate surface area is 100 Å². The maximum atomic E-state index is 11.4. The van der Waals surface area contributed by atoms with Gasteiger partial charge in [-0.15, -0.1) is 0 Å². The van der Waals surface area contributed by atoms with Gasteiger partial charge in [0.05, 0.1) is 6.10 Å². The quantitative estimate of drug-likeness (QED) is 0.802. The molecule has 1 heterocycles. The van der Waals surface area contributed by atoms with Gasteiger partial charge < -0.3 is 15.0 Å². The van der Waals surface area contributed by atoms with Crippen LogP contribution < -0.4 is 10.5 Å². The maximum absolute atomic E-state index is 11.4. The van der Waals surface area contributed by atoms with Gasteiger partial charge in [-0.3, -0.25) is 4.79 Å². The first-order valence-corrected chi connectivity index (χ1v) is 6.08. The molecule has 0 amide bonds. The monoisotopic (exact) mass is 237 g/mol. The van der Waals surface area contributed by atoms with Crippen molar-refractivity contribution in [2.24, 2.45) is 5.92 Å². The molecule has 0 aromatic carbocycles. The molecule has 1 aromatic rings. The second-order valence-corrected chi connectivity index (χ2v) is 4.78. The van der Waals surface area contributed by atoms with Crippen LogP contribution in [-0.2, 0) is 6.42 Å². The van der Waals surface area contributed by atoms with Crippen LogP contribution in [0.4, 0.5) is 5.82 Å². The van der Waals surface area contributed by atoms with Crippen LogP contribution in [0.25, 0.3) is 0 Å². The highest BCUT2D eigenvalue weighted by molar-refractivity contribution is 5.36. The lowest BCUT2D eigenvalue weighted by atomic mass is 9.82. The molecule has 5 nitrogen and oxygen atoms in total. The van der Waals surface area contributed by atoms with E-state index in [1.807, 2.05) is 18.9 Å². The van der Waals surface area contributed by atoms with E-state index in [1.165, 1.54) is 6.07 Å². The zero-order chi connectivity index (χ0) is 12.4. The highest BCUT2D eigenvalue weighted by atomic mass is 16.3. The van der Waals surface area contributed by atoms with Crippen LogP contribution in [0.3, 0.4) is 0 Å². The van der Waals surface area contributed by atoms with Gasteiger partial charge in [-0.2, -0.15) is 0 Å². The third-order valence-electron chi connectivity index (χ3n) is 3.25. The number of aliphatic hydroxyl groups is 1. The van der Waals surface area contributed by atoms with Gasteiger partial charge in [0.1, 0.15) is 11.6 Å². The molecule has 0 radical (unpaired) electrons. The minimum atomic E-state index is -0.133. The fourth-order valence-corrected chi connectivity index (χ4v) is 2.19. The van der Waals surface area contributed by atoms with Crippen LogP contribution in [0.2, 0.25) is 0 Å². The van der Waals surface area contributed by atoms with Gasteiger partial charge in [-0.1, -0.05) is 6.92 Å². The number of nitrogens with zero attached hydrogens (tertiary/aromatic N) is 2. The Hall–Kier alpha value is -1.36. The molecule has 1 aromatic heterocycles. The summed E-state index contributed by atoms with van der Waals surface area (Å²) in [5, 5.41) is 9.24. The van der Waals surface area contributed by atoms with Crippen molar-refractivity contribution < 1.29 is 5.11 Å². The van der Waals surface area contributed by atoms with Crippen molar-refractivity contribution in [1.82, 2.24) is 9.97 Å². The molecule has 2 rings (SSSR count). The second kappa shape index (κ2) is 4.87. The molecule has 0 saturated heterocycles. The lowest BCUT2D eigenvalue weighted by Crippen LogP contribution is -2.37. The second-order valence-electron chi connectivity index (χ2n) is 4.78. The predicted molar refractivity (Wildman–Crippen MR) is 66.2 cm³/mol. The molecule has 5 heteroatoms. The van der Waals surface area contributed by atoms with Crippen molar-refractivity contribution in [3.05, 3.63) is 22.2 Å². The lowest BCUT2D eigenvalue weighted by molar-refractivity contribution is 0.0464. The highest BCUT2D eigenvalue weighted by Crippen LogP contribution is 2.28. The molecular weight excluding hydrogens is 218 g/mol. The molecule has 17 heavy (non-hydrogen) atoms. The van der Waals surface area contributed by atoms with E-state index in [2.05, 4.69) is 9.97 Å². The Balaban J connectivity index is 2.05. The van der Waals surface area contributed by atoms with Crippen molar-refractivity contribution in [3.63, 3.8) is 0 Å². The van der Waals surface area contributed by atoms with Crippen molar-refractivity contribution >= 4 is 5.82 Å². The fraction of sp³-hybridized carbons (Fsp3) is 0.667. The molecule has 1 aliphatic carbocycles. The molecule has 1 fully saturated rings. The number of aromatic amines is 1. The van der Waals surface area contributed by atoms with E-state index in [4.69, 9.17) is 0 Å². The maximum Gasteiger partial charge on any atom is 0.252 e. The Bertz CT molecular complexity index is 438. The number of nitrogens with one attached hydrogen (secondary N) is 1. The van der Waals surface area contributed by atoms with Gasteiger partial charge in [0.15, 0.2) is 0 Å². The standard InChI is InChI=1S/C12H19N3O2/c1-3-10-13-11(6-12(17)14-10)15(2)7-8-4-9(16)5-8/h6,8-9,16H,3-5,7H2,1-2H3,(H,13,14,17). The summed E-state index contributed by atoms with van der Waals surface area (Å²) < 4.78 is 0. The number of aromatic nitrogens is 2. The average molecular weight is 237 g/mol. The summed E-state index contributed by atoms with van der Waals surface area (Å²) >= 11 is 0. The van der Waals surface area contributed by atoms with E-state index >= 15 is 0 Å². The largest absolute Gasteiger partial charge is 0.393 e. The number of anilines is 1. The first kappa shape index (κ1) is 12.1. The van der Waals surface area contributed by atoms with E-state index in [0.717, 1.165) is 25.8 Å². The molecule has 0 aliphatic heterocycles. The molecule has 1 aliphatic rings. The molecule has 0 unspecified atom stereocenters. The van der Waals surface area contributed by atoms with E-state index < -0.39 is 0 Å². The molecule has 0 spiro atoms. The van der Waals surface area contributed by atoms with Crippen LogP contribution in [0.15, 0.2) is 10.9 Å². The topological polar surface area (TPSA) is 69.2 Å². The summed E-state index contributed by atoms with van der Waals surface area (Å²) in [6.07, 6.45) is 2.30. The van der Waals surface area contributed by atoms with Crippen LogP contribution in [0, 0.1) is 5.92 Å². The molecule has 0 atom stereocenters. The van der Waals surface area contributed by atoms with E-state index in [0.29, 0.717) is 17.6 Å². The van der Waals surface area contributed by atoms with Crippen molar-refractivity contribution in [2.75, 3.05) is 18.5 Å². The lowest BCUT2D eigenvalue weighted by Gasteiger charge is -2.34. The smallest absolute Gasteiger partial charge is 0.252 e. The normalized spacial score (nSPS) is 23.2. The first-order valence-electron chi connectivity index (χ1n) is 6.08. The molecule has 2 N–H and O–H groups in total. The Morgan fingerprint density at radius 1 is 1.59 bits per heavy atom. The zero-order valence-corrected chi connectivity index (χ0v) is 10.3. The predicted octanol–water partition coefficient (Wildman–Crippen LogP) is 0.539. The summed E-state index contributed by atoms with van der Waals surface area (Å²) in [6, 6.07) is 1.52. The summed E-state index contributed by atoms with van der Waals surface area (Å²) in [6.45, 7) is 2.81. The first-order chi connectivity index (χ1) is 8.08. The van der Waals surface area contributed by atoms with Gasteiger partial charge >= 0.3 is 0 Å². The van der Waals surface area contributed by atoms with Crippen molar-refractivity contribution in [2.45, 2.75) is 32.3 Å². The SMILES string of the molecule is CCc1nc(N(C)CC2CC(O)C2)cc(=O)[nH]1. The van der Waals surface area contributed by atoms with Gasteiger partial charge in [-0.05, 0) is 18.8 Å². The van der Waals surface area contributed by atoms with Crippen LogP contribution in [-0.4, -0.2) is 34.8 Å². The van der Waals surface area contributed by atoms with Crippen LogP contribution in [0.5, 0.6) is 0 Å². The van der Waals surface area contributed by atoms with Gasteiger partial charge in [0.2, 0.25) is 0 Å². The van der Waals surface area contributed by atoms with Gasteiger partial charge in [-0.25, -0.2) is 4.98 Å². The fourth-order valence-electron chi connectivity index (χ4n) is 2.19. The van der Waals surface area contributed by atoms with Crippen molar-refractivity contribution in [3.8, 4) is 0 Å². The summed E-state index contributed by atoms with van der Waals surface area (Å²) in [5.74, 6) is 1.95. The minimum absolute atomic E-state index is 0.104. The number of aryl methyl sites for hydroxylation is 1. The van der Waals surface area contributed by atoms with Gasteiger partial charge in [0, 0.05) is 26.1 Å². The summed E-state index contributed by atoms with van der Waals surface area (Å²) in [4.78, 5) is 20.5. The average Bonchev–Trinajstić information content (AvgIpc) is 2.26. The van der Waals surface area contributed by atoms with E-state index in [9.17, 15) is 9.90 Å². The molecule has 1 saturated carbocycles. The van der Waals surface area contributed by atoms with Crippen LogP contribution >= 0.6 is 0 Å². The Kier molecular flexibility index (Phi) is 3.47. The third kappa shape index (κ3) is 2.85.